The van der Waals surface area contributed by atoms with Crippen LogP contribution in [-0.4, -0.2) is 40.4 Å². The summed E-state index contributed by atoms with van der Waals surface area (Å²) >= 11 is 0. The van der Waals surface area contributed by atoms with E-state index in [1.165, 1.54) is 24.5 Å². The molecule has 1 rings (SSSR count). The fraction of sp³-hybridized carbons (Fsp3) is 0.500. The van der Waals surface area contributed by atoms with E-state index < -0.39 is 10.0 Å². The van der Waals surface area contributed by atoms with E-state index in [4.69, 9.17) is 5.73 Å². The zero-order valence-electron chi connectivity index (χ0n) is 11.3. The summed E-state index contributed by atoms with van der Waals surface area (Å²) in [4.78, 5) is 2.24. The quantitative estimate of drug-likeness (QED) is 0.821. The number of hydrogen-bond donors (Lipinski definition) is 1. The molecular weight excluding hydrogens is 250 g/mol. The van der Waals surface area contributed by atoms with E-state index in [0.717, 1.165) is 18.7 Å². The summed E-state index contributed by atoms with van der Waals surface area (Å²) in [6, 6.07) is 4.85. The number of nitrogens with two attached hydrogens (primary N) is 1. The van der Waals surface area contributed by atoms with E-state index in [1.807, 2.05) is 11.9 Å². The maximum absolute atomic E-state index is 11.9. The number of benzene rings is 1. The molecule has 0 aliphatic carbocycles. The monoisotopic (exact) mass is 271 g/mol. The van der Waals surface area contributed by atoms with Gasteiger partial charge in [0.1, 0.15) is 0 Å². The number of anilines is 2. The summed E-state index contributed by atoms with van der Waals surface area (Å²) in [6.45, 7) is 2.96. The Balaban J connectivity index is 3.15. The standard InChI is InChI=1S/C12H21N3O2S/c1-5-8-15(4)12-7-6-10(9-11(12)13)18(16,17)14(2)3/h6-7,9H,5,8,13H2,1-4H3. The molecule has 0 aliphatic heterocycles. The summed E-state index contributed by atoms with van der Waals surface area (Å²) in [5.74, 6) is 0. The van der Waals surface area contributed by atoms with Gasteiger partial charge in [-0.1, -0.05) is 6.92 Å². The SMILES string of the molecule is CCCN(C)c1ccc(S(=O)(=O)N(C)C)cc1N. The van der Waals surface area contributed by atoms with Gasteiger partial charge in [0, 0.05) is 27.7 Å². The largest absolute Gasteiger partial charge is 0.397 e. The van der Waals surface area contributed by atoms with Gasteiger partial charge in [0.2, 0.25) is 10.0 Å². The first kappa shape index (κ1) is 14.8. The zero-order valence-corrected chi connectivity index (χ0v) is 12.2. The summed E-state index contributed by atoms with van der Waals surface area (Å²) in [7, 11) is 1.53. The third-order valence-electron chi connectivity index (χ3n) is 2.75. The first-order valence-electron chi connectivity index (χ1n) is 5.84. The number of rotatable bonds is 5. The number of hydrogen-bond acceptors (Lipinski definition) is 4. The topological polar surface area (TPSA) is 66.6 Å². The van der Waals surface area contributed by atoms with Gasteiger partial charge in [-0.2, -0.15) is 0 Å². The van der Waals surface area contributed by atoms with Crippen molar-refractivity contribution < 1.29 is 8.42 Å². The van der Waals surface area contributed by atoms with Gasteiger partial charge in [-0.25, -0.2) is 12.7 Å². The molecule has 0 radical (unpaired) electrons. The van der Waals surface area contributed by atoms with Crippen LogP contribution in [0, 0.1) is 0 Å². The van der Waals surface area contributed by atoms with Gasteiger partial charge >= 0.3 is 0 Å². The lowest BCUT2D eigenvalue weighted by Gasteiger charge is -2.21. The average Bonchev–Trinajstić information content (AvgIpc) is 2.28. The number of sulfonamides is 1. The molecule has 0 heterocycles. The van der Waals surface area contributed by atoms with E-state index in [1.54, 1.807) is 12.1 Å². The molecule has 0 spiro atoms. The first-order chi connectivity index (χ1) is 8.30. The summed E-state index contributed by atoms with van der Waals surface area (Å²) in [6.07, 6.45) is 1.01. The average molecular weight is 271 g/mol. The van der Waals surface area contributed by atoms with Crippen LogP contribution in [0.25, 0.3) is 0 Å². The first-order valence-corrected chi connectivity index (χ1v) is 7.28. The molecule has 6 heteroatoms. The van der Waals surface area contributed by atoms with Gasteiger partial charge in [-0.05, 0) is 24.6 Å². The molecule has 0 saturated heterocycles. The number of nitrogen functional groups attached to an aromatic ring is 1. The molecule has 102 valence electrons. The van der Waals surface area contributed by atoms with E-state index >= 15 is 0 Å². The second kappa shape index (κ2) is 5.58. The van der Waals surface area contributed by atoms with Gasteiger partial charge in [0.25, 0.3) is 0 Å². The Morgan fingerprint density at radius 1 is 1.22 bits per heavy atom. The summed E-state index contributed by atoms with van der Waals surface area (Å²) < 4.78 is 25.1. The maximum Gasteiger partial charge on any atom is 0.242 e. The molecule has 1 aromatic carbocycles. The van der Waals surface area contributed by atoms with Gasteiger partial charge in [-0.3, -0.25) is 0 Å². The fourth-order valence-electron chi connectivity index (χ4n) is 1.71. The molecule has 0 unspecified atom stereocenters. The van der Waals surface area contributed by atoms with Crippen molar-refractivity contribution in [3.05, 3.63) is 18.2 Å². The Hall–Kier alpha value is -1.27. The molecule has 0 saturated carbocycles. The van der Waals surface area contributed by atoms with Crippen LogP contribution in [0.15, 0.2) is 23.1 Å². The van der Waals surface area contributed by atoms with Gasteiger partial charge in [-0.15, -0.1) is 0 Å². The van der Waals surface area contributed by atoms with Crippen LogP contribution in [-0.2, 0) is 10.0 Å². The number of nitrogens with zero attached hydrogens (tertiary/aromatic N) is 2. The van der Waals surface area contributed by atoms with Crippen LogP contribution in [0.4, 0.5) is 11.4 Å². The van der Waals surface area contributed by atoms with Crippen molar-refractivity contribution in [3.8, 4) is 0 Å². The highest BCUT2D eigenvalue weighted by Crippen LogP contribution is 2.26. The van der Waals surface area contributed by atoms with Gasteiger partial charge in [0.05, 0.1) is 16.3 Å². The van der Waals surface area contributed by atoms with E-state index in [2.05, 4.69) is 6.92 Å². The predicted molar refractivity (Wildman–Crippen MR) is 75.3 cm³/mol. The van der Waals surface area contributed by atoms with Crippen LogP contribution in [0.1, 0.15) is 13.3 Å². The van der Waals surface area contributed by atoms with Crippen LogP contribution >= 0.6 is 0 Å². The molecule has 0 aliphatic rings. The molecular formula is C12H21N3O2S. The van der Waals surface area contributed by atoms with Crippen LogP contribution in [0.2, 0.25) is 0 Å². The highest BCUT2D eigenvalue weighted by Gasteiger charge is 2.18. The van der Waals surface area contributed by atoms with Crippen molar-refractivity contribution in [1.82, 2.24) is 4.31 Å². The van der Waals surface area contributed by atoms with Crippen LogP contribution < -0.4 is 10.6 Å². The fourth-order valence-corrected chi connectivity index (χ4v) is 2.64. The molecule has 0 atom stereocenters. The third kappa shape index (κ3) is 2.94. The second-order valence-electron chi connectivity index (χ2n) is 4.43. The minimum absolute atomic E-state index is 0.221. The van der Waals surface area contributed by atoms with Crippen molar-refractivity contribution in [3.63, 3.8) is 0 Å². The molecule has 5 nitrogen and oxygen atoms in total. The van der Waals surface area contributed by atoms with Crippen LogP contribution in [0.5, 0.6) is 0 Å². The maximum atomic E-state index is 11.9. The Labute approximate surface area is 109 Å². The van der Waals surface area contributed by atoms with Gasteiger partial charge in [0.15, 0.2) is 0 Å². The van der Waals surface area contributed by atoms with Crippen molar-refractivity contribution in [1.29, 1.82) is 0 Å². The van der Waals surface area contributed by atoms with Crippen LogP contribution in [0.3, 0.4) is 0 Å². The second-order valence-corrected chi connectivity index (χ2v) is 6.58. The molecule has 0 aromatic heterocycles. The highest BCUT2D eigenvalue weighted by molar-refractivity contribution is 7.89. The molecule has 0 fully saturated rings. The minimum atomic E-state index is -3.42. The zero-order chi connectivity index (χ0) is 13.9. The molecule has 0 bridgehead atoms. The third-order valence-corrected chi connectivity index (χ3v) is 4.56. The van der Waals surface area contributed by atoms with E-state index in [9.17, 15) is 8.42 Å². The minimum Gasteiger partial charge on any atom is -0.397 e. The predicted octanol–water partition coefficient (Wildman–Crippen LogP) is 1.37. The van der Waals surface area contributed by atoms with E-state index in [0.29, 0.717) is 5.69 Å². The van der Waals surface area contributed by atoms with Crippen molar-refractivity contribution in [2.75, 3.05) is 38.3 Å². The molecule has 0 amide bonds. The van der Waals surface area contributed by atoms with Crippen molar-refractivity contribution in [2.45, 2.75) is 18.2 Å². The lowest BCUT2D eigenvalue weighted by atomic mass is 10.2. The lowest BCUT2D eigenvalue weighted by Crippen LogP contribution is -2.23. The Bertz CT molecular complexity index is 512. The molecule has 2 N–H and O–H groups in total. The summed E-state index contributed by atoms with van der Waals surface area (Å²) in [5.41, 5.74) is 7.26. The molecule has 18 heavy (non-hydrogen) atoms. The Morgan fingerprint density at radius 3 is 2.28 bits per heavy atom. The highest BCUT2D eigenvalue weighted by atomic mass is 32.2. The van der Waals surface area contributed by atoms with Gasteiger partial charge < -0.3 is 10.6 Å². The smallest absolute Gasteiger partial charge is 0.242 e. The Morgan fingerprint density at radius 2 is 1.83 bits per heavy atom. The summed E-state index contributed by atoms with van der Waals surface area (Å²) in [5, 5.41) is 0. The van der Waals surface area contributed by atoms with Crippen molar-refractivity contribution in [2.24, 2.45) is 0 Å². The Kier molecular flexibility index (Phi) is 4.59. The van der Waals surface area contributed by atoms with Crippen molar-refractivity contribution >= 4 is 21.4 Å². The lowest BCUT2D eigenvalue weighted by molar-refractivity contribution is 0.521. The van der Waals surface area contributed by atoms with E-state index in [-0.39, 0.29) is 4.90 Å². The molecule has 1 aromatic rings. The normalized spacial score (nSPS) is 11.8.